The standard InChI is InChI=1S/C14H22N2O2/c1-5-18-14(17)11(3)12(4)16-9-13-6-10(2)7-15-8-13/h6-8,11-12,16H,5,9H2,1-4H3. The minimum atomic E-state index is -0.153. The number of hydrogen-bond acceptors (Lipinski definition) is 4. The van der Waals surface area contributed by atoms with Gasteiger partial charge in [-0.3, -0.25) is 9.78 Å². The summed E-state index contributed by atoms with van der Waals surface area (Å²) < 4.78 is 5.00. The number of pyridine rings is 1. The normalized spacial score (nSPS) is 14.0. The lowest BCUT2D eigenvalue weighted by Crippen LogP contribution is -2.36. The Kier molecular flexibility index (Phi) is 5.78. The summed E-state index contributed by atoms with van der Waals surface area (Å²) in [5, 5.41) is 3.32. The van der Waals surface area contributed by atoms with Crippen molar-refractivity contribution < 1.29 is 9.53 Å². The highest BCUT2D eigenvalue weighted by molar-refractivity contribution is 5.72. The van der Waals surface area contributed by atoms with Gasteiger partial charge in [-0.05, 0) is 31.9 Å². The van der Waals surface area contributed by atoms with E-state index in [4.69, 9.17) is 4.74 Å². The molecule has 0 amide bonds. The fourth-order valence-corrected chi connectivity index (χ4v) is 1.65. The predicted molar refractivity (Wildman–Crippen MR) is 71.1 cm³/mol. The molecule has 0 saturated carbocycles. The third-order valence-electron chi connectivity index (χ3n) is 2.97. The number of hydrogen-bond donors (Lipinski definition) is 1. The quantitative estimate of drug-likeness (QED) is 0.785. The molecule has 0 bridgehead atoms. The molecule has 0 aliphatic rings. The van der Waals surface area contributed by atoms with Crippen LogP contribution in [-0.2, 0) is 16.1 Å². The van der Waals surface area contributed by atoms with E-state index in [0.29, 0.717) is 13.2 Å². The van der Waals surface area contributed by atoms with Crippen molar-refractivity contribution >= 4 is 5.97 Å². The first-order chi connectivity index (χ1) is 8.54. The Morgan fingerprint density at radius 3 is 2.78 bits per heavy atom. The van der Waals surface area contributed by atoms with E-state index < -0.39 is 0 Å². The Hall–Kier alpha value is -1.42. The first-order valence-electron chi connectivity index (χ1n) is 6.35. The summed E-state index contributed by atoms with van der Waals surface area (Å²) in [6.45, 7) is 8.84. The van der Waals surface area contributed by atoms with E-state index in [1.54, 1.807) is 0 Å². The van der Waals surface area contributed by atoms with Gasteiger partial charge in [-0.2, -0.15) is 0 Å². The van der Waals surface area contributed by atoms with Crippen molar-refractivity contribution in [1.82, 2.24) is 10.3 Å². The van der Waals surface area contributed by atoms with Gasteiger partial charge in [0.15, 0.2) is 0 Å². The summed E-state index contributed by atoms with van der Waals surface area (Å²) >= 11 is 0. The SMILES string of the molecule is CCOC(=O)C(C)C(C)NCc1cncc(C)c1. The Bertz CT molecular complexity index is 393. The molecule has 0 saturated heterocycles. The van der Waals surface area contributed by atoms with E-state index in [-0.39, 0.29) is 17.9 Å². The molecule has 1 aromatic heterocycles. The second kappa shape index (κ2) is 7.11. The van der Waals surface area contributed by atoms with Gasteiger partial charge in [-0.1, -0.05) is 13.0 Å². The van der Waals surface area contributed by atoms with E-state index >= 15 is 0 Å². The third-order valence-corrected chi connectivity index (χ3v) is 2.97. The van der Waals surface area contributed by atoms with Gasteiger partial charge >= 0.3 is 5.97 Å². The maximum Gasteiger partial charge on any atom is 0.310 e. The lowest BCUT2D eigenvalue weighted by Gasteiger charge is -2.19. The summed E-state index contributed by atoms with van der Waals surface area (Å²) in [6, 6.07) is 2.16. The van der Waals surface area contributed by atoms with Crippen LogP contribution in [0.5, 0.6) is 0 Å². The van der Waals surface area contributed by atoms with Crippen LogP contribution in [0.3, 0.4) is 0 Å². The number of aryl methyl sites for hydroxylation is 1. The zero-order chi connectivity index (χ0) is 13.5. The molecule has 1 aromatic rings. The van der Waals surface area contributed by atoms with Gasteiger partial charge in [-0.15, -0.1) is 0 Å². The molecule has 2 atom stereocenters. The van der Waals surface area contributed by atoms with Gasteiger partial charge in [0.2, 0.25) is 0 Å². The minimum absolute atomic E-state index is 0.0737. The second-order valence-corrected chi connectivity index (χ2v) is 4.58. The fourth-order valence-electron chi connectivity index (χ4n) is 1.65. The van der Waals surface area contributed by atoms with E-state index in [1.807, 2.05) is 40.1 Å². The highest BCUT2D eigenvalue weighted by atomic mass is 16.5. The number of esters is 1. The van der Waals surface area contributed by atoms with Gasteiger partial charge in [0.1, 0.15) is 0 Å². The zero-order valence-corrected chi connectivity index (χ0v) is 11.6. The van der Waals surface area contributed by atoms with E-state index in [9.17, 15) is 4.79 Å². The third kappa shape index (κ3) is 4.45. The number of ether oxygens (including phenoxy) is 1. The van der Waals surface area contributed by atoms with Gasteiger partial charge < -0.3 is 10.1 Å². The van der Waals surface area contributed by atoms with Crippen molar-refractivity contribution in [3.05, 3.63) is 29.6 Å². The van der Waals surface area contributed by atoms with Crippen LogP contribution in [-0.4, -0.2) is 23.6 Å². The van der Waals surface area contributed by atoms with Crippen molar-refractivity contribution in [2.75, 3.05) is 6.61 Å². The Morgan fingerprint density at radius 1 is 1.44 bits per heavy atom. The van der Waals surface area contributed by atoms with Crippen molar-refractivity contribution in [2.24, 2.45) is 5.92 Å². The molecule has 100 valence electrons. The highest BCUT2D eigenvalue weighted by Crippen LogP contribution is 2.07. The summed E-state index contributed by atoms with van der Waals surface area (Å²) in [5.41, 5.74) is 2.26. The Labute approximate surface area is 109 Å². The summed E-state index contributed by atoms with van der Waals surface area (Å²) in [5.74, 6) is -0.303. The van der Waals surface area contributed by atoms with Gasteiger partial charge in [0.05, 0.1) is 12.5 Å². The summed E-state index contributed by atoms with van der Waals surface area (Å²) in [4.78, 5) is 15.7. The van der Waals surface area contributed by atoms with Crippen LogP contribution in [0, 0.1) is 12.8 Å². The summed E-state index contributed by atoms with van der Waals surface area (Å²) in [7, 11) is 0. The molecule has 1 heterocycles. The average Bonchev–Trinajstić information content (AvgIpc) is 2.35. The van der Waals surface area contributed by atoms with Crippen molar-refractivity contribution in [3.63, 3.8) is 0 Å². The lowest BCUT2D eigenvalue weighted by molar-refractivity contribution is -0.148. The first-order valence-corrected chi connectivity index (χ1v) is 6.35. The van der Waals surface area contributed by atoms with Gasteiger partial charge in [0, 0.05) is 25.0 Å². The van der Waals surface area contributed by atoms with Crippen LogP contribution in [0.15, 0.2) is 18.5 Å². The van der Waals surface area contributed by atoms with E-state index in [2.05, 4.69) is 16.4 Å². The van der Waals surface area contributed by atoms with Crippen molar-refractivity contribution in [1.29, 1.82) is 0 Å². The van der Waals surface area contributed by atoms with E-state index in [1.165, 1.54) is 0 Å². The van der Waals surface area contributed by atoms with E-state index in [0.717, 1.165) is 11.1 Å². The maximum absolute atomic E-state index is 11.6. The molecule has 0 aliphatic heterocycles. The van der Waals surface area contributed by atoms with Crippen LogP contribution in [0.4, 0.5) is 0 Å². The number of carbonyl (C=O) groups excluding carboxylic acids is 1. The molecular weight excluding hydrogens is 228 g/mol. The summed E-state index contributed by atoms with van der Waals surface area (Å²) in [6.07, 6.45) is 3.66. The number of carbonyl (C=O) groups is 1. The molecule has 1 rings (SSSR count). The number of nitrogens with one attached hydrogen (secondary N) is 1. The van der Waals surface area contributed by atoms with Crippen LogP contribution in [0.1, 0.15) is 31.9 Å². The molecule has 4 nitrogen and oxygen atoms in total. The number of aromatic nitrogens is 1. The molecule has 0 spiro atoms. The maximum atomic E-state index is 11.6. The molecule has 2 unspecified atom stereocenters. The molecule has 18 heavy (non-hydrogen) atoms. The van der Waals surface area contributed by atoms with Gasteiger partial charge in [0.25, 0.3) is 0 Å². The van der Waals surface area contributed by atoms with Gasteiger partial charge in [-0.25, -0.2) is 0 Å². The highest BCUT2D eigenvalue weighted by Gasteiger charge is 2.20. The second-order valence-electron chi connectivity index (χ2n) is 4.58. The molecule has 4 heteroatoms. The molecule has 0 aliphatic carbocycles. The fraction of sp³-hybridized carbons (Fsp3) is 0.571. The predicted octanol–water partition coefficient (Wildman–Crippen LogP) is 2.07. The average molecular weight is 250 g/mol. The Balaban J connectivity index is 2.45. The number of rotatable bonds is 6. The minimum Gasteiger partial charge on any atom is -0.466 e. The largest absolute Gasteiger partial charge is 0.466 e. The van der Waals surface area contributed by atoms with Crippen LogP contribution in [0.25, 0.3) is 0 Å². The van der Waals surface area contributed by atoms with Crippen molar-refractivity contribution in [3.8, 4) is 0 Å². The molecule has 0 aromatic carbocycles. The monoisotopic (exact) mass is 250 g/mol. The molecule has 1 N–H and O–H groups in total. The Morgan fingerprint density at radius 2 is 2.17 bits per heavy atom. The zero-order valence-electron chi connectivity index (χ0n) is 11.6. The first kappa shape index (κ1) is 14.6. The smallest absolute Gasteiger partial charge is 0.310 e. The number of nitrogens with zero attached hydrogens (tertiary/aromatic N) is 1. The van der Waals surface area contributed by atoms with Crippen LogP contribution >= 0.6 is 0 Å². The molecule has 0 radical (unpaired) electrons. The lowest BCUT2D eigenvalue weighted by atomic mass is 10.0. The molecular formula is C14H22N2O2. The van der Waals surface area contributed by atoms with Crippen LogP contribution < -0.4 is 5.32 Å². The van der Waals surface area contributed by atoms with Crippen LogP contribution in [0.2, 0.25) is 0 Å². The molecule has 0 fully saturated rings. The van der Waals surface area contributed by atoms with Crippen molar-refractivity contribution in [2.45, 2.75) is 40.3 Å². The topological polar surface area (TPSA) is 51.2 Å².